The van der Waals surface area contributed by atoms with Crippen LogP contribution < -0.4 is 10.2 Å². The van der Waals surface area contributed by atoms with Gasteiger partial charge in [-0.1, -0.05) is 48.5 Å². The number of rotatable bonds is 5. The second-order valence-electron chi connectivity index (χ2n) is 9.30. The molecule has 0 radical (unpaired) electrons. The number of hydrogen-bond donors (Lipinski definition) is 1. The van der Waals surface area contributed by atoms with Crippen molar-refractivity contribution >= 4 is 17.3 Å². The van der Waals surface area contributed by atoms with E-state index in [0.29, 0.717) is 24.3 Å². The molecule has 2 aliphatic heterocycles. The summed E-state index contributed by atoms with van der Waals surface area (Å²) in [4.78, 5) is 17.9. The average Bonchev–Trinajstić information content (AvgIpc) is 2.87. The van der Waals surface area contributed by atoms with Crippen LogP contribution in [0.25, 0.3) is 0 Å². The van der Waals surface area contributed by atoms with Gasteiger partial charge in [-0.15, -0.1) is 0 Å². The topological polar surface area (TPSA) is 35.6 Å². The van der Waals surface area contributed by atoms with E-state index in [1.54, 1.807) is 6.07 Å². The number of piperazine rings is 1. The Morgan fingerprint density at radius 2 is 1.66 bits per heavy atom. The summed E-state index contributed by atoms with van der Waals surface area (Å²) in [7, 11) is 0. The molecule has 0 bridgehead atoms. The quantitative estimate of drug-likeness (QED) is 0.543. The zero-order valence-electron chi connectivity index (χ0n) is 19.3. The number of carbonyl (C=O) groups is 1. The van der Waals surface area contributed by atoms with Gasteiger partial charge in [-0.2, -0.15) is 13.2 Å². The van der Waals surface area contributed by atoms with Crippen molar-refractivity contribution in [2.45, 2.75) is 25.1 Å². The second kappa shape index (κ2) is 9.74. The third kappa shape index (κ3) is 5.20. The molecule has 3 aromatic carbocycles. The Labute approximate surface area is 203 Å². The van der Waals surface area contributed by atoms with Gasteiger partial charge in [0.1, 0.15) is 0 Å². The van der Waals surface area contributed by atoms with Crippen molar-refractivity contribution in [1.82, 2.24) is 4.90 Å². The summed E-state index contributed by atoms with van der Waals surface area (Å²) in [6.07, 6.45) is -3.21. The molecule has 1 fully saturated rings. The first-order chi connectivity index (χ1) is 16.9. The molecule has 4 nitrogen and oxygen atoms in total. The number of hydrogen-bond acceptors (Lipinski definition) is 3. The Morgan fingerprint density at radius 3 is 2.37 bits per heavy atom. The lowest BCUT2D eigenvalue weighted by atomic mass is 9.82. The Balaban J connectivity index is 1.40. The van der Waals surface area contributed by atoms with Gasteiger partial charge >= 0.3 is 6.18 Å². The van der Waals surface area contributed by atoms with Crippen LogP contribution in [0.3, 0.4) is 0 Å². The van der Waals surface area contributed by atoms with E-state index in [9.17, 15) is 18.0 Å². The fourth-order valence-corrected chi connectivity index (χ4v) is 5.25. The number of nitrogens with one attached hydrogen (secondary N) is 1. The van der Waals surface area contributed by atoms with Crippen LogP contribution in [-0.4, -0.2) is 43.0 Å². The van der Waals surface area contributed by atoms with Crippen molar-refractivity contribution in [2.75, 3.05) is 36.4 Å². The molecule has 182 valence electrons. The van der Waals surface area contributed by atoms with Gasteiger partial charge in [-0.25, -0.2) is 0 Å². The van der Waals surface area contributed by atoms with Crippen molar-refractivity contribution in [3.63, 3.8) is 0 Å². The standard InChI is InChI=1S/C28H28F3N3O/c29-28(30,31)22-11-12-25-21(17-22)18-24(27(35)32-23-9-5-2-6-10-23)26-19-33(15-16-34(25)26)14-13-20-7-3-1-4-8-20/h1-12,17,24,26H,13-16,18-19H2,(H,32,35). The van der Waals surface area contributed by atoms with Crippen LogP contribution in [0.2, 0.25) is 0 Å². The number of alkyl halides is 3. The fraction of sp³-hybridized carbons (Fsp3) is 0.321. The van der Waals surface area contributed by atoms with Gasteiger partial charge in [0.2, 0.25) is 5.91 Å². The molecule has 1 amide bonds. The number of carbonyl (C=O) groups excluding carboxylic acids is 1. The summed E-state index contributed by atoms with van der Waals surface area (Å²) in [6.45, 7) is 3.05. The first-order valence-corrected chi connectivity index (χ1v) is 12.0. The molecular formula is C28H28F3N3O. The van der Waals surface area contributed by atoms with Crippen LogP contribution in [0.4, 0.5) is 24.5 Å². The minimum Gasteiger partial charge on any atom is -0.365 e. The van der Waals surface area contributed by atoms with Gasteiger partial charge in [0.25, 0.3) is 0 Å². The fourth-order valence-electron chi connectivity index (χ4n) is 5.25. The molecule has 2 atom stereocenters. The molecule has 0 aromatic heterocycles. The van der Waals surface area contributed by atoms with Crippen molar-refractivity contribution in [3.8, 4) is 0 Å². The van der Waals surface area contributed by atoms with E-state index in [1.807, 2.05) is 48.5 Å². The predicted molar refractivity (Wildman–Crippen MR) is 131 cm³/mol. The first kappa shape index (κ1) is 23.4. The van der Waals surface area contributed by atoms with E-state index in [2.05, 4.69) is 27.2 Å². The Morgan fingerprint density at radius 1 is 0.943 bits per heavy atom. The third-order valence-corrected chi connectivity index (χ3v) is 7.06. The maximum Gasteiger partial charge on any atom is 0.416 e. The monoisotopic (exact) mass is 479 g/mol. The normalized spacial score (nSPS) is 20.1. The van der Waals surface area contributed by atoms with Crippen molar-refractivity contribution in [2.24, 2.45) is 5.92 Å². The van der Waals surface area contributed by atoms with Gasteiger partial charge in [0, 0.05) is 37.6 Å². The van der Waals surface area contributed by atoms with Crippen LogP contribution in [-0.2, 0) is 23.8 Å². The molecule has 0 saturated carbocycles. The highest BCUT2D eigenvalue weighted by atomic mass is 19.4. The van der Waals surface area contributed by atoms with Crippen molar-refractivity contribution < 1.29 is 18.0 Å². The lowest BCUT2D eigenvalue weighted by Crippen LogP contribution is -2.60. The number of amides is 1. The Bertz CT molecular complexity index is 1170. The van der Waals surface area contributed by atoms with Crippen molar-refractivity contribution in [1.29, 1.82) is 0 Å². The maximum atomic E-state index is 13.4. The van der Waals surface area contributed by atoms with Gasteiger partial charge in [-0.05, 0) is 54.3 Å². The molecule has 5 rings (SSSR count). The summed E-state index contributed by atoms with van der Waals surface area (Å²) in [5.41, 5.74) is 2.69. The summed E-state index contributed by atoms with van der Waals surface area (Å²) in [6, 6.07) is 23.3. The first-order valence-electron chi connectivity index (χ1n) is 12.0. The van der Waals surface area contributed by atoms with Crippen LogP contribution in [0.5, 0.6) is 0 Å². The Kier molecular flexibility index (Phi) is 6.52. The van der Waals surface area contributed by atoms with Gasteiger partial charge < -0.3 is 10.2 Å². The molecule has 2 unspecified atom stereocenters. The van der Waals surface area contributed by atoms with Gasteiger partial charge in [-0.3, -0.25) is 9.69 Å². The SMILES string of the molecule is O=C(Nc1ccccc1)C1Cc2cc(C(F)(F)F)ccc2N2CCN(CCc3ccccc3)CC12. The molecule has 0 spiro atoms. The van der Waals surface area contributed by atoms with E-state index in [-0.39, 0.29) is 18.4 Å². The maximum absolute atomic E-state index is 13.4. The smallest absolute Gasteiger partial charge is 0.365 e. The molecule has 7 heteroatoms. The van der Waals surface area contributed by atoms with E-state index < -0.39 is 17.7 Å². The minimum absolute atomic E-state index is 0.104. The molecule has 1 saturated heterocycles. The van der Waals surface area contributed by atoms with E-state index in [4.69, 9.17) is 0 Å². The molecule has 1 N–H and O–H groups in total. The summed E-state index contributed by atoms with van der Waals surface area (Å²) < 4.78 is 40.2. The zero-order valence-corrected chi connectivity index (χ0v) is 19.3. The summed E-state index contributed by atoms with van der Waals surface area (Å²) in [5.74, 6) is -0.607. The van der Waals surface area contributed by atoms with Gasteiger partial charge in [0.05, 0.1) is 17.5 Å². The van der Waals surface area contributed by atoms with E-state index in [1.165, 1.54) is 11.6 Å². The Hall–Kier alpha value is -3.32. The largest absolute Gasteiger partial charge is 0.416 e. The van der Waals surface area contributed by atoms with Crippen LogP contribution in [0.15, 0.2) is 78.9 Å². The minimum atomic E-state index is -4.41. The number of nitrogens with zero attached hydrogens (tertiary/aromatic N) is 2. The molecular weight excluding hydrogens is 451 g/mol. The number of halogens is 3. The average molecular weight is 480 g/mol. The molecule has 3 aromatic rings. The van der Waals surface area contributed by atoms with Gasteiger partial charge in [0.15, 0.2) is 0 Å². The molecule has 2 heterocycles. The zero-order chi connectivity index (χ0) is 24.4. The second-order valence-corrected chi connectivity index (χ2v) is 9.30. The lowest BCUT2D eigenvalue weighted by molar-refractivity contribution is -0.137. The number of anilines is 2. The van der Waals surface area contributed by atoms with Crippen LogP contribution in [0.1, 0.15) is 16.7 Å². The highest BCUT2D eigenvalue weighted by Crippen LogP contribution is 2.40. The highest BCUT2D eigenvalue weighted by molar-refractivity contribution is 5.94. The lowest BCUT2D eigenvalue weighted by Gasteiger charge is -2.49. The molecule has 35 heavy (non-hydrogen) atoms. The highest BCUT2D eigenvalue weighted by Gasteiger charge is 2.42. The van der Waals surface area contributed by atoms with Crippen LogP contribution >= 0.6 is 0 Å². The molecule has 2 aliphatic rings. The summed E-state index contributed by atoms with van der Waals surface area (Å²) in [5, 5.41) is 2.99. The predicted octanol–water partition coefficient (Wildman–Crippen LogP) is 5.25. The number of benzene rings is 3. The van der Waals surface area contributed by atoms with E-state index >= 15 is 0 Å². The number of fused-ring (bicyclic) bond motifs is 3. The third-order valence-electron chi connectivity index (χ3n) is 7.06. The molecule has 0 aliphatic carbocycles. The number of para-hydroxylation sites is 1. The van der Waals surface area contributed by atoms with E-state index in [0.717, 1.165) is 31.3 Å². The van der Waals surface area contributed by atoms with Crippen LogP contribution in [0, 0.1) is 5.92 Å². The van der Waals surface area contributed by atoms with Crippen molar-refractivity contribution in [3.05, 3.63) is 95.6 Å². The summed E-state index contributed by atoms with van der Waals surface area (Å²) >= 11 is 0.